The SMILES string of the molecule is CC(C)CC(CNC(=O)c1ccc(=O)n(C)n1)N1CCOCC1. The molecule has 0 saturated carbocycles. The first-order chi connectivity index (χ1) is 11.0. The molecule has 0 radical (unpaired) electrons. The lowest BCUT2D eigenvalue weighted by Gasteiger charge is -2.35. The zero-order valence-electron chi connectivity index (χ0n) is 14.1. The quantitative estimate of drug-likeness (QED) is 0.813. The van der Waals surface area contributed by atoms with Crippen molar-refractivity contribution in [3.05, 3.63) is 28.2 Å². The Morgan fingerprint density at radius 1 is 1.35 bits per heavy atom. The number of nitrogens with zero attached hydrogens (tertiary/aromatic N) is 3. The lowest BCUT2D eigenvalue weighted by molar-refractivity contribution is 0.0124. The third-order valence-corrected chi connectivity index (χ3v) is 4.00. The van der Waals surface area contributed by atoms with E-state index in [2.05, 4.69) is 29.2 Å². The van der Waals surface area contributed by atoms with Crippen LogP contribution in [0.5, 0.6) is 0 Å². The molecule has 128 valence electrons. The number of ether oxygens (including phenoxy) is 1. The number of amides is 1. The van der Waals surface area contributed by atoms with Crippen molar-refractivity contribution < 1.29 is 9.53 Å². The third kappa shape index (κ3) is 5.14. The van der Waals surface area contributed by atoms with Crippen molar-refractivity contribution in [3.8, 4) is 0 Å². The second-order valence-corrected chi connectivity index (χ2v) is 6.32. The number of aromatic nitrogens is 2. The Bertz CT molecular complexity index is 579. The van der Waals surface area contributed by atoms with Gasteiger partial charge in [0.05, 0.1) is 13.2 Å². The maximum absolute atomic E-state index is 12.2. The summed E-state index contributed by atoms with van der Waals surface area (Å²) in [4.78, 5) is 26.0. The first-order valence-electron chi connectivity index (χ1n) is 8.11. The first kappa shape index (κ1) is 17.6. The number of carbonyl (C=O) groups is 1. The zero-order valence-corrected chi connectivity index (χ0v) is 14.1. The molecule has 1 unspecified atom stereocenters. The average molecular weight is 322 g/mol. The van der Waals surface area contributed by atoms with E-state index in [9.17, 15) is 9.59 Å². The van der Waals surface area contributed by atoms with Crippen LogP contribution in [0, 0.1) is 5.92 Å². The molecular formula is C16H26N4O3. The van der Waals surface area contributed by atoms with E-state index in [4.69, 9.17) is 4.74 Å². The lowest BCUT2D eigenvalue weighted by atomic mass is 10.0. The van der Waals surface area contributed by atoms with Crippen molar-refractivity contribution in [2.45, 2.75) is 26.3 Å². The van der Waals surface area contributed by atoms with Crippen LogP contribution >= 0.6 is 0 Å². The largest absolute Gasteiger partial charge is 0.379 e. The van der Waals surface area contributed by atoms with Crippen molar-refractivity contribution in [2.75, 3.05) is 32.8 Å². The summed E-state index contributed by atoms with van der Waals surface area (Å²) in [6, 6.07) is 3.11. The Morgan fingerprint density at radius 2 is 2.04 bits per heavy atom. The molecule has 1 aromatic heterocycles. The van der Waals surface area contributed by atoms with Gasteiger partial charge in [0.25, 0.3) is 11.5 Å². The molecule has 0 aromatic carbocycles. The van der Waals surface area contributed by atoms with Crippen LogP contribution in [0.2, 0.25) is 0 Å². The van der Waals surface area contributed by atoms with E-state index in [0.717, 1.165) is 32.7 Å². The summed E-state index contributed by atoms with van der Waals surface area (Å²) in [5.74, 6) is 0.304. The molecule has 2 heterocycles. The summed E-state index contributed by atoms with van der Waals surface area (Å²) in [5.41, 5.74) is 0.0323. The van der Waals surface area contributed by atoms with Crippen molar-refractivity contribution in [1.82, 2.24) is 20.0 Å². The topological polar surface area (TPSA) is 76.5 Å². The van der Waals surface area contributed by atoms with Gasteiger partial charge in [-0.3, -0.25) is 14.5 Å². The number of hydrogen-bond acceptors (Lipinski definition) is 5. The molecule has 2 rings (SSSR count). The maximum Gasteiger partial charge on any atom is 0.271 e. The Labute approximate surface area is 136 Å². The van der Waals surface area contributed by atoms with E-state index in [-0.39, 0.29) is 23.2 Å². The molecule has 7 nitrogen and oxygen atoms in total. The summed E-state index contributed by atoms with van der Waals surface area (Å²) >= 11 is 0. The highest BCUT2D eigenvalue weighted by Crippen LogP contribution is 2.13. The Kier molecular flexibility index (Phi) is 6.29. The van der Waals surface area contributed by atoms with Gasteiger partial charge in [-0.1, -0.05) is 13.8 Å². The van der Waals surface area contributed by atoms with E-state index in [1.807, 2.05) is 0 Å². The van der Waals surface area contributed by atoms with Crippen LogP contribution in [0.15, 0.2) is 16.9 Å². The fourth-order valence-electron chi connectivity index (χ4n) is 2.77. The Hall–Kier alpha value is -1.73. The highest BCUT2D eigenvalue weighted by molar-refractivity contribution is 5.91. The van der Waals surface area contributed by atoms with Crippen LogP contribution in [-0.2, 0) is 11.8 Å². The van der Waals surface area contributed by atoms with Crippen molar-refractivity contribution in [3.63, 3.8) is 0 Å². The van der Waals surface area contributed by atoms with Gasteiger partial charge in [0.2, 0.25) is 0 Å². The van der Waals surface area contributed by atoms with E-state index in [1.54, 1.807) is 0 Å². The maximum atomic E-state index is 12.2. The minimum Gasteiger partial charge on any atom is -0.379 e. The van der Waals surface area contributed by atoms with Crippen molar-refractivity contribution in [2.24, 2.45) is 13.0 Å². The van der Waals surface area contributed by atoms with Gasteiger partial charge in [0, 0.05) is 38.8 Å². The predicted octanol–water partition coefficient (Wildman–Crippen LogP) is 0.257. The van der Waals surface area contributed by atoms with E-state index in [0.29, 0.717) is 12.5 Å². The molecule has 0 bridgehead atoms. The van der Waals surface area contributed by atoms with Gasteiger partial charge in [-0.25, -0.2) is 4.68 Å². The van der Waals surface area contributed by atoms with Crippen LogP contribution in [0.25, 0.3) is 0 Å². The van der Waals surface area contributed by atoms with Crippen molar-refractivity contribution in [1.29, 1.82) is 0 Å². The van der Waals surface area contributed by atoms with E-state index >= 15 is 0 Å². The molecule has 1 fully saturated rings. The van der Waals surface area contributed by atoms with Gasteiger partial charge >= 0.3 is 0 Å². The molecule has 0 spiro atoms. The molecule has 1 aromatic rings. The van der Waals surface area contributed by atoms with Crippen LogP contribution in [0.1, 0.15) is 30.8 Å². The highest BCUT2D eigenvalue weighted by atomic mass is 16.5. The Balaban J connectivity index is 1.97. The first-order valence-corrected chi connectivity index (χ1v) is 8.11. The Morgan fingerprint density at radius 3 is 2.65 bits per heavy atom. The average Bonchev–Trinajstić information content (AvgIpc) is 2.54. The minimum atomic E-state index is -0.248. The van der Waals surface area contributed by atoms with Crippen molar-refractivity contribution >= 4 is 5.91 Å². The minimum absolute atomic E-state index is 0.229. The summed E-state index contributed by atoms with van der Waals surface area (Å²) in [6.45, 7) is 8.21. The molecule has 23 heavy (non-hydrogen) atoms. The van der Waals surface area contributed by atoms with Crippen LogP contribution in [0.3, 0.4) is 0 Å². The number of hydrogen-bond donors (Lipinski definition) is 1. The molecule has 1 saturated heterocycles. The van der Waals surface area contributed by atoms with Gasteiger partial charge in [-0.2, -0.15) is 5.10 Å². The van der Waals surface area contributed by atoms with Crippen LogP contribution in [0.4, 0.5) is 0 Å². The van der Waals surface area contributed by atoms with E-state index in [1.165, 1.54) is 23.9 Å². The second kappa shape index (κ2) is 8.21. The number of carbonyl (C=O) groups excluding carboxylic acids is 1. The third-order valence-electron chi connectivity index (χ3n) is 4.00. The fraction of sp³-hybridized carbons (Fsp3) is 0.688. The van der Waals surface area contributed by atoms with E-state index < -0.39 is 0 Å². The molecule has 1 aliphatic heterocycles. The summed E-state index contributed by atoms with van der Waals surface area (Å²) < 4.78 is 6.57. The smallest absolute Gasteiger partial charge is 0.271 e. The molecular weight excluding hydrogens is 296 g/mol. The summed E-state index contributed by atoms with van der Waals surface area (Å²) in [6.07, 6.45) is 1.01. The number of rotatable bonds is 6. The highest BCUT2D eigenvalue weighted by Gasteiger charge is 2.22. The predicted molar refractivity (Wildman–Crippen MR) is 87.4 cm³/mol. The zero-order chi connectivity index (χ0) is 16.8. The number of morpholine rings is 1. The fourth-order valence-corrected chi connectivity index (χ4v) is 2.77. The van der Waals surface area contributed by atoms with Gasteiger partial charge in [-0.05, 0) is 18.4 Å². The second-order valence-electron chi connectivity index (χ2n) is 6.32. The number of aryl methyl sites for hydroxylation is 1. The summed E-state index contributed by atoms with van der Waals surface area (Å²) in [7, 11) is 1.54. The molecule has 1 aliphatic rings. The molecule has 1 atom stereocenters. The van der Waals surface area contributed by atoms with Gasteiger partial charge in [0.1, 0.15) is 5.69 Å². The standard InChI is InChI=1S/C16H26N4O3/c1-12(2)10-13(20-6-8-23-9-7-20)11-17-16(22)14-4-5-15(21)19(3)18-14/h4-5,12-13H,6-11H2,1-3H3,(H,17,22). The molecule has 0 aliphatic carbocycles. The summed E-state index contributed by atoms with van der Waals surface area (Å²) in [5, 5.41) is 6.93. The lowest BCUT2D eigenvalue weighted by Crippen LogP contribution is -2.49. The van der Waals surface area contributed by atoms with Crippen LogP contribution in [-0.4, -0.2) is 59.5 Å². The monoisotopic (exact) mass is 322 g/mol. The molecule has 1 N–H and O–H groups in total. The molecule has 1 amide bonds. The molecule has 7 heteroatoms. The van der Waals surface area contributed by atoms with Gasteiger partial charge < -0.3 is 10.1 Å². The van der Waals surface area contributed by atoms with Crippen LogP contribution < -0.4 is 10.9 Å². The number of nitrogens with one attached hydrogen (secondary N) is 1. The normalized spacial score (nSPS) is 17.2. The van der Waals surface area contributed by atoms with Gasteiger partial charge in [0.15, 0.2) is 0 Å². The van der Waals surface area contributed by atoms with Gasteiger partial charge in [-0.15, -0.1) is 0 Å².